The fraction of sp³-hybridized carbons (Fsp3) is 0.458. The van der Waals surface area contributed by atoms with E-state index in [1.54, 1.807) is 0 Å². The highest BCUT2D eigenvalue weighted by atomic mass is 16.3. The van der Waals surface area contributed by atoms with Crippen LogP contribution in [0.2, 0.25) is 0 Å². The Morgan fingerprint density at radius 2 is 2.10 bits per heavy atom. The summed E-state index contributed by atoms with van der Waals surface area (Å²) < 4.78 is 2.21. The van der Waals surface area contributed by atoms with Gasteiger partial charge in [-0.05, 0) is 50.8 Å². The molecule has 0 fully saturated rings. The Labute approximate surface area is 171 Å². The van der Waals surface area contributed by atoms with Crippen molar-refractivity contribution < 1.29 is 9.90 Å². The molecule has 5 heteroatoms. The van der Waals surface area contributed by atoms with Gasteiger partial charge in [-0.2, -0.15) is 0 Å². The molecule has 0 aliphatic carbocycles. The van der Waals surface area contributed by atoms with E-state index in [1.807, 2.05) is 0 Å². The van der Waals surface area contributed by atoms with Gasteiger partial charge in [-0.25, -0.2) is 0 Å². The number of benzene rings is 1. The van der Waals surface area contributed by atoms with Crippen molar-refractivity contribution in [2.45, 2.75) is 59.5 Å². The van der Waals surface area contributed by atoms with Crippen LogP contribution in [0, 0.1) is 12.8 Å². The fourth-order valence-corrected chi connectivity index (χ4v) is 4.73. The third kappa shape index (κ3) is 3.27. The minimum Gasteiger partial charge on any atom is -0.394 e. The molecule has 0 saturated heterocycles. The molecule has 2 atom stereocenters. The van der Waals surface area contributed by atoms with Gasteiger partial charge in [-0.15, -0.1) is 0 Å². The molecule has 3 heterocycles. The number of allylic oxidation sites excluding steroid dienone is 2. The molecule has 1 aromatic carbocycles. The van der Waals surface area contributed by atoms with Gasteiger partial charge in [0, 0.05) is 34.1 Å². The predicted octanol–water partition coefficient (Wildman–Crippen LogP) is 4.17. The molecule has 0 bridgehead atoms. The number of carbonyl (C=O) groups excluding carboxylic acids is 1. The van der Waals surface area contributed by atoms with Gasteiger partial charge >= 0.3 is 0 Å². The molecule has 154 valence electrons. The second-order valence-corrected chi connectivity index (χ2v) is 8.93. The smallest absolute Gasteiger partial charge is 0.243 e. The Bertz CT molecular complexity index is 1110. The number of hydrogen-bond acceptors (Lipinski definition) is 2. The Hall–Kier alpha value is -2.53. The monoisotopic (exact) mass is 393 g/mol. The summed E-state index contributed by atoms with van der Waals surface area (Å²) >= 11 is 0. The molecular weight excluding hydrogens is 362 g/mol. The van der Waals surface area contributed by atoms with E-state index in [4.69, 9.17) is 0 Å². The number of nitrogens with zero attached hydrogens (tertiary/aromatic N) is 1. The van der Waals surface area contributed by atoms with E-state index < -0.39 is 0 Å². The van der Waals surface area contributed by atoms with Gasteiger partial charge in [-0.3, -0.25) is 4.79 Å². The minimum absolute atomic E-state index is 0.0170. The highest BCUT2D eigenvalue weighted by Gasteiger charge is 2.32. The second-order valence-electron chi connectivity index (χ2n) is 8.93. The highest BCUT2D eigenvalue weighted by molar-refractivity contribution is 6.08. The molecule has 0 unspecified atom stereocenters. The maximum atomic E-state index is 13.3. The number of H-pyrrole nitrogens is 1. The van der Waals surface area contributed by atoms with Crippen LogP contribution in [0.5, 0.6) is 0 Å². The number of aromatic amines is 1. The third-order valence-corrected chi connectivity index (χ3v) is 6.06. The lowest BCUT2D eigenvalue weighted by Crippen LogP contribution is -2.44. The van der Waals surface area contributed by atoms with Crippen molar-refractivity contribution in [3.05, 3.63) is 46.8 Å². The van der Waals surface area contributed by atoms with Crippen LogP contribution < -0.4 is 5.32 Å². The first-order valence-electron chi connectivity index (χ1n) is 10.5. The van der Waals surface area contributed by atoms with E-state index in [-0.39, 0.29) is 30.5 Å². The van der Waals surface area contributed by atoms with Crippen molar-refractivity contribution in [1.29, 1.82) is 0 Å². The zero-order valence-corrected chi connectivity index (χ0v) is 18.0. The van der Waals surface area contributed by atoms with Crippen LogP contribution in [0.1, 0.15) is 50.7 Å². The second kappa shape index (κ2) is 7.38. The fourth-order valence-electron chi connectivity index (χ4n) is 4.73. The summed E-state index contributed by atoms with van der Waals surface area (Å²) in [5, 5.41) is 15.5. The molecule has 5 nitrogen and oxygen atoms in total. The number of aliphatic hydroxyl groups excluding tert-OH is 1. The number of hydrogen-bond donors (Lipinski definition) is 3. The van der Waals surface area contributed by atoms with Crippen molar-refractivity contribution in [2.24, 2.45) is 5.92 Å². The summed E-state index contributed by atoms with van der Waals surface area (Å²) in [4.78, 5) is 16.9. The summed E-state index contributed by atoms with van der Waals surface area (Å²) in [6.07, 6.45) is 3.65. The maximum absolute atomic E-state index is 13.3. The number of aliphatic hydroxyl groups is 1. The van der Waals surface area contributed by atoms with E-state index in [0.717, 1.165) is 34.2 Å². The van der Waals surface area contributed by atoms with Crippen LogP contribution in [0.25, 0.3) is 21.8 Å². The zero-order chi connectivity index (χ0) is 20.9. The van der Waals surface area contributed by atoms with Gasteiger partial charge in [0.2, 0.25) is 5.91 Å². The number of aromatic nitrogens is 2. The van der Waals surface area contributed by atoms with E-state index >= 15 is 0 Å². The summed E-state index contributed by atoms with van der Waals surface area (Å²) in [5.74, 6) is 0.112. The van der Waals surface area contributed by atoms with E-state index in [9.17, 15) is 9.90 Å². The van der Waals surface area contributed by atoms with Gasteiger partial charge in [0.05, 0.1) is 18.2 Å². The quantitative estimate of drug-likeness (QED) is 0.582. The normalized spacial score (nSPS) is 19.5. The molecule has 0 spiro atoms. The lowest BCUT2D eigenvalue weighted by atomic mass is 9.99. The van der Waals surface area contributed by atoms with Crippen molar-refractivity contribution in [3.63, 3.8) is 0 Å². The van der Waals surface area contributed by atoms with E-state index in [1.165, 1.54) is 16.5 Å². The Morgan fingerprint density at radius 1 is 1.34 bits per heavy atom. The molecule has 3 N–H and O–H groups in total. The van der Waals surface area contributed by atoms with Gasteiger partial charge in [0.25, 0.3) is 0 Å². The Kier molecular flexibility index (Phi) is 5.03. The molecule has 0 saturated carbocycles. The van der Waals surface area contributed by atoms with Gasteiger partial charge in [-0.1, -0.05) is 31.6 Å². The largest absolute Gasteiger partial charge is 0.394 e. The number of amides is 1. The summed E-state index contributed by atoms with van der Waals surface area (Å²) in [7, 11) is 0. The molecule has 3 aromatic rings. The molecule has 0 radical (unpaired) electrons. The van der Waals surface area contributed by atoms with Gasteiger partial charge in [0.1, 0.15) is 6.04 Å². The summed E-state index contributed by atoms with van der Waals surface area (Å²) in [6, 6.07) is 5.85. The molecule has 1 aliphatic heterocycles. The number of carbonyl (C=O) groups is 1. The third-order valence-electron chi connectivity index (χ3n) is 6.06. The summed E-state index contributed by atoms with van der Waals surface area (Å²) in [6.45, 7) is 10.4. The molecule has 29 heavy (non-hydrogen) atoms. The van der Waals surface area contributed by atoms with Crippen LogP contribution in [0.3, 0.4) is 0 Å². The SMILES string of the molecule is CC(C)=CCc1[nH]c2ccc3cc(C)n4c3c2c1C[C@@H](CO)NC(=O)[C@@H]4C(C)C. The topological polar surface area (TPSA) is 70.1 Å². The molecule has 2 aromatic heterocycles. The van der Waals surface area contributed by atoms with Crippen LogP contribution in [-0.2, 0) is 17.6 Å². The van der Waals surface area contributed by atoms with Crippen LogP contribution >= 0.6 is 0 Å². The average molecular weight is 394 g/mol. The van der Waals surface area contributed by atoms with E-state index in [2.05, 4.69) is 73.8 Å². The van der Waals surface area contributed by atoms with Crippen molar-refractivity contribution in [3.8, 4) is 0 Å². The Morgan fingerprint density at radius 3 is 2.76 bits per heavy atom. The van der Waals surface area contributed by atoms with Crippen LogP contribution in [0.4, 0.5) is 0 Å². The van der Waals surface area contributed by atoms with Crippen LogP contribution in [0.15, 0.2) is 29.8 Å². The Balaban J connectivity index is 2.09. The highest BCUT2D eigenvalue weighted by Crippen LogP contribution is 2.37. The standard InChI is InChI=1S/C24H31N3O2/c1-13(2)6-8-19-18-11-17(12-28)25-24(29)22(14(3)4)27-15(5)10-16-7-9-20(26-19)21(18)23(16)27/h6-7,9-10,14,17,22,26,28H,8,11-12H2,1-5H3,(H,25,29)/t17-,22-/m0/s1. The average Bonchev–Trinajstić information content (AvgIpc) is 3.17. The van der Waals surface area contributed by atoms with Crippen molar-refractivity contribution >= 4 is 27.7 Å². The van der Waals surface area contributed by atoms with E-state index in [0.29, 0.717) is 6.42 Å². The molecule has 1 aliphatic rings. The molecular formula is C24H31N3O2. The molecule has 4 rings (SSSR count). The molecule has 1 amide bonds. The number of rotatable bonds is 4. The lowest BCUT2D eigenvalue weighted by Gasteiger charge is -2.26. The first-order valence-corrected chi connectivity index (χ1v) is 10.5. The van der Waals surface area contributed by atoms with Gasteiger partial charge in [0.15, 0.2) is 0 Å². The maximum Gasteiger partial charge on any atom is 0.243 e. The zero-order valence-electron chi connectivity index (χ0n) is 18.0. The lowest BCUT2D eigenvalue weighted by molar-refractivity contribution is -0.126. The van der Waals surface area contributed by atoms with Crippen LogP contribution in [-0.4, -0.2) is 33.2 Å². The first-order chi connectivity index (χ1) is 13.8. The van der Waals surface area contributed by atoms with Crippen molar-refractivity contribution in [2.75, 3.05) is 6.61 Å². The van der Waals surface area contributed by atoms with Gasteiger partial charge < -0.3 is 20.0 Å². The number of nitrogens with one attached hydrogen (secondary N) is 2. The predicted molar refractivity (Wildman–Crippen MR) is 118 cm³/mol. The minimum atomic E-state index is -0.311. The van der Waals surface area contributed by atoms with Crippen molar-refractivity contribution in [1.82, 2.24) is 14.9 Å². The summed E-state index contributed by atoms with van der Waals surface area (Å²) in [5.41, 5.74) is 6.94. The number of aryl methyl sites for hydroxylation is 1. The first kappa shape index (κ1) is 19.8.